The summed E-state index contributed by atoms with van der Waals surface area (Å²) in [7, 11) is 0. The van der Waals surface area contributed by atoms with Crippen LogP contribution in [-0.4, -0.2) is 83.9 Å². The molecular formula is C37H50N6O7S. The lowest BCUT2D eigenvalue weighted by Crippen LogP contribution is -2.57. The molecule has 14 heteroatoms. The number of rotatable bonds is 21. The molecule has 2 aromatic rings. The Hall–Kier alpha value is -4.72. The summed E-state index contributed by atoms with van der Waals surface area (Å²) < 4.78 is 0. The van der Waals surface area contributed by atoms with Crippen LogP contribution in [0.3, 0.4) is 0 Å². The summed E-state index contributed by atoms with van der Waals surface area (Å²) >= 11 is 1.52. The largest absolute Gasteiger partial charge is 0.368 e. The van der Waals surface area contributed by atoms with Gasteiger partial charge >= 0.3 is 0 Å². The van der Waals surface area contributed by atoms with E-state index in [0.717, 1.165) is 11.1 Å². The fraction of sp³-hybridized carbons (Fsp3) is 0.486. The Balaban J connectivity index is 1.73. The van der Waals surface area contributed by atoms with Crippen LogP contribution in [0, 0.1) is 11.8 Å². The lowest BCUT2D eigenvalue weighted by atomic mass is 9.91. The first-order valence-electron chi connectivity index (χ1n) is 17.2. The monoisotopic (exact) mass is 722 g/mol. The third-order valence-corrected chi connectivity index (χ3v) is 9.12. The average Bonchev–Trinajstić information content (AvgIpc) is 3.54. The minimum atomic E-state index is -1.11. The molecule has 5 atom stereocenters. The molecule has 0 radical (unpaired) electrons. The first-order chi connectivity index (χ1) is 24.4. The van der Waals surface area contributed by atoms with Gasteiger partial charge in [0.15, 0.2) is 5.78 Å². The molecule has 1 fully saturated rings. The summed E-state index contributed by atoms with van der Waals surface area (Å²) in [4.78, 5) is 90.5. The van der Waals surface area contributed by atoms with Crippen molar-refractivity contribution in [3.8, 4) is 0 Å². The van der Waals surface area contributed by atoms with E-state index in [1.54, 1.807) is 24.3 Å². The highest BCUT2D eigenvalue weighted by Crippen LogP contribution is 2.17. The number of carbonyl (C=O) groups is 7. The van der Waals surface area contributed by atoms with E-state index in [1.165, 1.54) is 11.8 Å². The predicted octanol–water partition coefficient (Wildman–Crippen LogP) is 1.18. The number of hydrogen-bond acceptors (Lipinski definition) is 8. The van der Waals surface area contributed by atoms with Gasteiger partial charge in [-0.1, -0.05) is 74.5 Å². The lowest BCUT2D eigenvalue weighted by Gasteiger charge is -2.25. The average molecular weight is 723 g/mol. The van der Waals surface area contributed by atoms with Gasteiger partial charge in [-0.3, -0.25) is 33.6 Å². The molecule has 13 nitrogen and oxygen atoms in total. The summed E-state index contributed by atoms with van der Waals surface area (Å²) in [5.41, 5.74) is 7.02. The normalized spacial score (nSPS) is 16.2. The molecule has 1 aliphatic heterocycles. The van der Waals surface area contributed by atoms with Crippen LogP contribution in [-0.2, 0) is 46.4 Å². The van der Waals surface area contributed by atoms with Crippen molar-refractivity contribution in [1.29, 1.82) is 0 Å². The first-order valence-corrected chi connectivity index (χ1v) is 18.6. The smallest absolute Gasteiger partial charge is 0.243 e. The molecule has 0 saturated carbocycles. The van der Waals surface area contributed by atoms with Crippen molar-refractivity contribution in [2.75, 3.05) is 18.6 Å². The van der Waals surface area contributed by atoms with Gasteiger partial charge in [0.25, 0.3) is 0 Å². The molecule has 7 N–H and O–H groups in total. The van der Waals surface area contributed by atoms with Gasteiger partial charge in [-0.05, 0) is 48.3 Å². The van der Waals surface area contributed by atoms with Crippen LogP contribution < -0.4 is 32.3 Å². The molecular weight excluding hydrogens is 673 g/mol. The summed E-state index contributed by atoms with van der Waals surface area (Å²) in [6.07, 6.45) is 3.20. The standard InChI is InChI=1S/C37H50N6O7S/c1-23(2)18-26(34(47)41-28(33(38)46)16-17-51-3)21-27(44)22-39-35(48)30(19-24-10-6-4-7-11-24)42-37(50)31(20-25-12-8-5-9-13-25)43-36(49)29-14-15-32(45)40-29/h4-13,23,26,28-31H,14-22H2,1-3H3,(H2,38,46)(H,39,48)(H,40,45)(H,41,47)(H,42,50)(H,43,49)/t26-,28+,29-,30+,31+/m1/s1. The number of benzene rings is 2. The third kappa shape index (κ3) is 14.2. The molecule has 0 bridgehead atoms. The van der Waals surface area contributed by atoms with Crippen molar-refractivity contribution in [1.82, 2.24) is 26.6 Å². The van der Waals surface area contributed by atoms with Gasteiger partial charge in [0.2, 0.25) is 35.4 Å². The second-order valence-corrected chi connectivity index (χ2v) is 14.2. The zero-order valence-electron chi connectivity index (χ0n) is 29.4. The van der Waals surface area contributed by atoms with Crippen molar-refractivity contribution in [2.24, 2.45) is 17.6 Å². The third-order valence-electron chi connectivity index (χ3n) is 8.47. The van der Waals surface area contributed by atoms with Crippen LogP contribution in [0.15, 0.2) is 60.7 Å². The van der Waals surface area contributed by atoms with Gasteiger partial charge in [0.05, 0.1) is 6.54 Å². The number of Topliss-reactive ketones (excluding diaryl/α,β-unsaturated/α-hetero) is 1. The van der Waals surface area contributed by atoms with Crippen molar-refractivity contribution < 1.29 is 33.6 Å². The van der Waals surface area contributed by atoms with Crippen LogP contribution >= 0.6 is 11.8 Å². The predicted molar refractivity (Wildman–Crippen MR) is 195 cm³/mol. The Morgan fingerprint density at radius 2 is 1.39 bits per heavy atom. The molecule has 51 heavy (non-hydrogen) atoms. The van der Waals surface area contributed by atoms with Gasteiger partial charge in [-0.25, -0.2) is 0 Å². The maximum absolute atomic E-state index is 13.8. The second kappa shape index (κ2) is 20.8. The van der Waals surface area contributed by atoms with Crippen LogP contribution in [0.4, 0.5) is 0 Å². The molecule has 1 aliphatic rings. The van der Waals surface area contributed by atoms with E-state index in [9.17, 15) is 33.6 Å². The summed E-state index contributed by atoms with van der Waals surface area (Å²) in [6, 6.07) is 14.3. The summed E-state index contributed by atoms with van der Waals surface area (Å²) in [6.45, 7) is 3.44. The SMILES string of the molecule is CSCC[C@H](NC(=O)[C@@H](CC(=O)CNC(=O)[C@H](Cc1ccccc1)NC(=O)[C@H](Cc1ccccc1)NC(=O)[C@H]1CCC(=O)N1)CC(C)C)C(N)=O. The fourth-order valence-corrected chi connectivity index (χ4v) is 6.26. The lowest BCUT2D eigenvalue weighted by molar-refractivity contribution is -0.134. The highest BCUT2D eigenvalue weighted by atomic mass is 32.2. The molecule has 0 spiro atoms. The van der Waals surface area contributed by atoms with Crippen molar-refractivity contribution in [3.63, 3.8) is 0 Å². The number of hydrogen-bond donors (Lipinski definition) is 6. The van der Waals surface area contributed by atoms with E-state index < -0.39 is 65.4 Å². The Kier molecular flexibility index (Phi) is 16.6. The number of primary amides is 1. The number of nitrogens with two attached hydrogens (primary N) is 1. The van der Waals surface area contributed by atoms with E-state index >= 15 is 0 Å². The van der Waals surface area contributed by atoms with Crippen molar-refractivity contribution >= 4 is 53.0 Å². The molecule has 276 valence electrons. The number of amides is 6. The first kappa shape index (κ1) is 40.7. The molecule has 3 rings (SSSR count). The van der Waals surface area contributed by atoms with Crippen LogP contribution in [0.1, 0.15) is 57.1 Å². The number of nitrogens with one attached hydrogen (secondary N) is 5. The van der Waals surface area contributed by atoms with Crippen LogP contribution in [0.25, 0.3) is 0 Å². The zero-order chi connectivity index (χ0) is 37.3. The molecule has 0 aromatic heterocycles. The number of ketones is 1. The molecule has 2 aromatic carbocycles. The number of carbonyl (C=O) groups excluding carboxylic acids is 7. The minimum absolute atomic E-state index is 0.0705. The quantitative estimate of drug-likeness (QED) is 0.110. The Bertz CT molecular complexity index is 1510. The fourth-order valence-electron chi connectivity index (χ4n) is 5.79. The highest BCUT2D eigenvalue weighted by molar-refractivity contribution is 7.98. The van der Waals surface area contributed by atoms with Gasteiger partial charge < -0.3 is 32.3 Å². The van der Waals surface area contributed by atoms with E-state index in [1.807, 2.05) is 56.5 Å². The minimum Gasteiger partial charge on any atom is -0.368 e. The molecule has 1 saturated heterocycles. The second-order valence-electron chi connectivity index (χ2n) is 13.2. The van der Waals surface area contributed by atoms with E-state index in [0.29, 0.717) is 25.0 Å². The maximum Gasteiger partial charge on any atom is 0.243 e. The molecule has 1 heterocycles. The Morgan fingerprint density at radius 1 is 0.824 bits per heavy atom. The van der Waals surface area contributed by atoms with E-state index in [2.05, 4.69) is 26.6 Å². The zero-order valence-corrected chi connectivity index (χ0v) is 30.3. The van der Waals surface area contributed by atoms with E-state index in [-0.39, 0.29) is 44.1 Å². The van der Waals surface area contributed by atoms with Crippen molar-refractivity contribution in [2.45, 2.75) is 83.0 Å². The number of thioether (sulfide) groups is 1. The van der Waals surface area contributed by atoms with Crippen LogP contribution in [0.5, 0.6) is 0 Å². The molecule has 6 amide bonds. The maximum atomic E-state index is 13.8. The van der Waals surface area contributed by atoms with Crippen molar-refractivity contribution in [3.05, 3.63) is 71.8 Å². The molecule has 0 unspecified atom stereocenters. The van der Waals surface area contributed by atoms with E-state index in [4.69, 9.17) is 5.73 Å². The summed E-state index contributed by atoms with van der Waals surface area (Å²) in [5, 5.41) is 13.4. The van der Waals surface area contributed by atoms with Crippen LogP contribution in [0.2, 0.25) is 0 Å². The topological polar surface area (TPSA) is 206 Å². The molecule has 0 aliphatic carbocycles. The Morgan fingerprint density at radius 3 is 1.90 bits per heavy atom. The van der Waals surface area contributed by atoms with Gasteiger partial charge in [-0.15, -0.1) is 0 Å². The Labute approximate surface area is 303 Å². The van der Waals surface area contributed by atoms with Gasteiger partial charge in [0, 0.05) is 31.6 Å². The highest BCUT2D eigenvalue weighted by Gasteiger charge is 2.33. The van der Waals surface area contributed by atoms with Gasteiger partial charge in [0.1, 0.15) is 24.2 Å². The summed E-state index contributed by atoms with van der Waals surface area (Å²) in [5.74, 6) is -3.54. The van der Waals surface area contributed by atoms with Gasteiger partial charge in [-0.2, -0.15) is 11.8 Å².